The molecule has 2 heterocycles. The van der Waals surface area contributed by atoms with Gasteiger partial charge in [0.2, 0.25) is 5.78 Å². The molecular weight excluding hydrogens is 376 g/mol. The quantitative estimate of drug-likeness (QED) is 0.452. The van der Waals surface area contributed by atoms with Gasteiger partial charge in [-0.2, -0.15) is 0 Å². The Hall–Kier alpha value is -3.38. The standard InChI is InChI=1S/C22H16O5S/c1-25-15-6-4-14(5-7-15)19(23)13-26-16-8-9-18-20(11-16)27-21(22(18)24)12-17-3-2-10-28-17/h2-12H,13H2,1H3. The number of hydrogen-bond acceptors (Lipinski definition) is 6. The lowest BCUT2D eigenvalue weighted by Crippen LogP contribution is -2.11. The average molecular weight is 392 g/mol. The van der Waals surface area contributed by atoms with Crippen molar-refractivity contribution in [2.45, 2.75) is 0 Å². The zero-order chi connectivity index (χ0) is 19.5. The van der Waals surface area contributed by atoms with Crippen LogP contribution in [0.4, 0.5) is 0 Å². The molecule has 4 rings (SSSR count). The number of ketones is 2. The number of carbonyl (C=O) groups excluding carboxylic acids is 2. The number of methoxy groups -OCH3 is 1. The van der Waals surface area contributed by atoms with E-state index in [0.717, 1.165) is 4.88 Å². The highest BCUT2D eigenvalue weighted by Crippen LogP contribution is 2.35. The molecule has 5 nitrogen and oxygen atoms in total. The molecule has 0 amide bonds. The van der Waals surface area contributed by atoms with Crippen molar-refractivity contribution in [1.29, 1.82) is 0 Å². The first-order valence-electron chi connectivity index (χ1n) is 8.56. The predicted octanol–water partition coefficient (Wildman–Crippen LogP) is 4.63. The van der Waals surface area contributed by atoms with Crippen molar-refractivity contribution < 1.29 is 23.8 Å². The van der Waals surface area contributed by atoms with Gasteiger partial charge in [-0.15, -0.1) is 11.3 Å². The van der Waals surface area contributed by atoms with E-state index in [1.165, 1.54) is 11.3 Å². The van der Waals surface area contributed by atoms with Gasteiger partial charge in [-0.05, 0) is 47.8 Å². The summed E-state index contributed by atoms with van der Waals surface area (Å²) >= 11 is 1.53. The van der Waals surface area contributed by atoms with E-state index >= 15 is 0 Å². The lowest BCUT2D eigenvalue weighted by molar-refractivity contribution is 0.0921. The van der Waals surface area contributed by atoms with Crippen LogP contribution in [0.2, 0.25) is 0 Å². The largest absolute Gasteiger partial charge is 0.497 e. The number of fused-ring (bicyclic) bond motifs is 1. The van der Waals surface area contributed by atoms with Gasteiger partial charge in [-0.25, -0.2) is 0 Å². The van der Waals surface area contributed by atoms with Crippen molar-refractivity contribution in [3.8, 4) is 17.2 Å². The highest BCUT2D eigenvalue weighted by Gasteiger charge is 2.27. The highest BCUT2D eigenvalue weighted by molar-refractivity contribution is 7.10. The van der Waals surface area contributed by atoms with E-state index < -0.39 is 0 Å². The summed E-state index contributed by atoms with van der Waals surface area (Å²) in [5, 5.41) is 1.94. The van der Waals surface area contributed by atoms with Crippen LogP contribution in [-0.2, 0) is 0 Å². The minimum Gasteiger partial charge on any atom is -0.497 e. The fourth-order valence-corrected chi connectivity index (χ4v) is 3.42. The zero-order valence-corrected chi connectivity index (χ0v) is 15.8. The Bertz CT molecular complexity index is 1050. The van der Waals surface area contributed by atoms with E-state index in [1.807, 2.05) is 17.5 Å². The van der Waals surface area contributed by atoms with Gasteiger partial charge in [0.05, 0.1) is 12.7 Å². The van der Waals surface area contributed by atoms with Crippen LogP contribution in [0.5, 0.6) is 17.2 Å². The lowest BCUT2D eigenvalue weighted by atomic mass is 10.1. The number of ether oxygens (including phenoxy) is 3. The molecule has 0 saturated carbocycles. The molecule has 3 aromatic rings. The monoisotopic (exact) mass is 392 g/mol. The molecule has 0 radical (unpaired) electrons. The van der Waals surface area contributed by atoms with Crippen LogP contribution >= 0.6 is 11.3 Å². The van der Waals surface area contributed by atoms with Crippen LogP contribution in [0.3, 0.4) is 0 Å². The van der Waals surface area contributed by atoms with Gasteiger partial charge in [0.15, 0.2) is 18.1 Å². The second-order valence-corrected chi connectivity index (χ2v) is 7.03. The first kappa shape index (κ1) is 18.0. The number of hydrogen-bond donors (Lipinski definition) is 0. The Kier molecular flexibility index (Phi) is 4.95. The van der Waals surface area contributed by atoms with Crippen molar-refractivity contribution in [2.24, 2.45) is 0 Å². The number of rotatable bonds is 6. The van der Waals surface area contributed by atoms with Gasteiger partial charge in [-0.3, -0.25) is 9.59 Å². The van der Waals surface area contributed by atoms with Crippen molar-refractivity contribution in [3.05, 3.63) is 81.7 Å². The third kappa shape index (κ3) is 3.68. The minimum atomic E-state index is -0.163. The second kappa shape index (κ2) is 7.70. The van der Waals surface area contributed by atoms with E-state index in [1.54, 1.807) is 55.7 Å². The molecule has 0 bridgehead atoms. The van der Waals surface area contributed by atoms with Crippen molar-refractivity contribution in [3.63, 3.8) is 0 Å². The summed E-state index contributed by atoms with van der Waals surface area (Å²) in [4.78, 5) is 25.7. The molecule has 0 unspecified atom stereocenters. The Labute approximate surface area is 165 Å². The van der Waals surface area contributed by atoms with Crippen LogP contribution in [0.25, 0.3) is 6.08 Å². The molecule has 6 heteroatoms. The second-order valence-electron chi connectivity index (χ2n) is 6.05. The SMILES string of the molecule is COc1ccc(C(=O)COc2ccc3c(c2)OC(=Cc2cccs2)C3=O)cc1. The maximum atomic E-state index is 12.4. The molecule has 1 aliphatic rings. The van der Waals surface area contributed by atoms with Gasteiger partial charge in [0, 0.05) is 22.6 Å². The Morgan fingerprint density at radius 2 is 1.89 bits per heavy atom. The van der Waals surface area contributed by atoms with Crippen molar-refractivity contribution in [1.82, 2.24) is 0 Å². The Balaban J connectivity index is 1.44. The molecule has 140 valence electrons. The molecule has 0 fully saturated rings. The summed E-state index contributed by atoms with van der Waals surface area (Å²) in [5.74, 6) is 1.55. The minimum absolute atomic E-state index is 0.114. The highest BCUT2D eigenvalue weighted by atomic mass is 32.1. The number of allylic oxidation sites excluding steroid dienone is 1. The summed E-state index contributed by atoms with van der Waals surface area (Å²) in [6.07, 6.45) is 1.72. The number of Topliss-reactive ketones (excluding diaryl/α,β-unsaturated/α-hetero) is 2. The number of carbonyl (C=O) groups is 2. The smallest absolute Gasteiger partial charge is 0.232 e. The molecule has 0 saturated heterocycles. The summed E-state index contributed by atoms with van der Waals surface area (Å²) < 4.78 is 16.4. The van der Waals surface area contributed by atoms with Crippen molar-refractivity contribution in [2.75, 3.05) is 13.7 Å². The van der Waals surface area contributed by atoms with Crippen LogP contribution < -0.4 is 14.2 Å². The van der Waals surface area contributed by atoms with E-state index in [4.69, 9.17) is 14.2 Å². The predicted molar refractivity (Wildman–Crippen MR) is 107 cm³/mol. The molecule has 1 aromatic heterocycles. The van der Waals surface area contributed by atoms with E-state index in [0.29, 0.717) is 28.4 Å². The normalized spacial score (nSPS) is 13.9. The fourth-order valence-electron chi connectivity index (χ4n) is 2.77. The van der Waals surface area contributed by atoms with E-state index in [9.17, 15) is 9.59 Å². The van der Waals surface area contributed by atoms with Gasteiger partial charge in [0.1, 0.15) is 17.2 Å². The molecule has 2 aromatic carbocycles. The van der Waals surface area contributed by atoms with Gasteiger partial charge in [0.25, 0.3) is 0 Å². The van der Waals surface area contributed by atoms with Gasteiger partial charge >= 0.3 is 0 Å². The maximum Gasteiger partial charge on any atom is 0.232 e. The van der Waals surface area contributed by atoms with Crippen LogP contribution in [0.15, 0.2) is 65.7 Å². The number of thiophene rings is 1. The third-order valence-electron chi connectivity index (χ3n) is 4.24. The van der Waals surface area contributed by atoms with Crippen LogP contribution in [0.1, 0.15) is 25.6 Å². The molecule has 28 heavy (non-hydrogen) atoms. The van der Waals surface area contributed by atoms with E-state index in [-0.39, 0.29) is 23.9 Å². The summed E-state index contributed by atoms with van der Waals surface area (Å²) in [7, 11) is 1.57. The van der Waals surface area contributed by atoms with Crippen molar-refractivity contribution >= 4 is 29.0 Å². The van der Waals surface area contributed by atoms with Crippen LogP contribution in [-0.4, -0.2) is 25.3 Å². The summed E-state index contributed by atoms with van der Waals surface area (Å²) in [6.45, 7) is -0.114. The zero-order valence-electron chi connectivity index (χ0n) is 15.0. The van der Waals surface area contributed by atoms with Gasteiger partial charge < -0.3 is 14.2 Å². The molecular formula is C22H16O5S. The molecule has 0 atom stereocenters. The number of benzene rings is 2. The molecule has 1 aliphatic heterocycles. The van der Waals surface area contributed by atoms with Gasteiger partial charge in [-0.1, -0.05) is 6.07 Å². The maximum absolute atomic E-state index is 12.4. The van der Waals surface area contributed by atoms with Crippen LogP contribution in [0, 0.1) is 0 Å². The molecule has 0 aliphatic carbocycles. The topological polar surface area (TPSA) is 61.8 Å². The Morgan fingerprint density at radius 1 is 1.11 bits per heavy atom. The molecule has 0 N–H and O–H groups in total. The molecule has 0 spiro atoms. The summed E-state index contributed by atoms with van der Waals surface area (Å²) in [6, 6.07) is 15.6. The first-order chi connectivity index (χ1) is 13.6. The lowest BCUT2D eigenvalue weighted by Gasteiger charge is -2.07. The Morgan fingerprint density at radius 3 is 2.61 bits per heavy atom. The third-order valence-corrected chi connectivity index (χ3v) is 5.06. The fraction of sp³-hybridized carbons (Fsp3) is 0.0909. The summed E-state index contributed by atoms with van der Waals surface area (Å²) in [5.41, 5.74) is 1.02. The average Bonchev–Trinajstić information content (AvgIpc) is 3.34. The first-order valence-corrected chi connectivity index (χ1v) is 9.44. The van der Waals surface area contributed by atoms with E-state index in [2.05, 4.69) is 0 Å².